The van der Waals surface area contributed by atoms with E-state index in [0.29, 0.717) is 24.1 Å². The number of allylic oxidation sites excluding steroid dienone is 2. The molecule has 0 radical (unpaired) electrons. The Morgan fingerprint density at radius 3 is 2.64 bits per heavy atom. The SMILES string of the molecule is C=CCc1cc2c(c(CC=C)c1O)C(C(CCC)N(C)CC(=O)O)CC(=O)N2. The maximum Gasteiger partial charge on any atom is 0.317 e. The number of nitrogens with one attached hydrogen (secondary N) is 1. The first-order valence-electron chi connectivity index (χ1n) is 9.65. The number of carboxylic acid groups (broad SMARTS) is 1. The second-order valence-electron chi connectivity index (χ2n) is 7.33. The second-order valence-corrected chi connectivity index (χ2v) is 7.33. The number of amides is 1. The lowest BCUT2D eigenvalue weighted by Crippen LogP contribution is -2.43. The van der Waals surface area contributed by atoms with E-state index in [-0.39, 0.29) is 36.6 Å². The van der Waals surface area contributed by atoms with Gasteiger partial charge in [-0.3, -0.25) is 14.5 Å². The molecule has 0 fully saturated rings. The Morgan fingerprint density at radius 1 is 1.39 bits per heavy atom. The van der Waals surface area contributed by atoms with E-state index in [4.69, 9.17) is 0 Å². The van der Waals surface area contributed by atoms with Crippen molar-refractivity contribution in [1.82, 2.24) is 4.90 Å². The van der Waals surface area contributed by atoms with Crippen LogP contribution in [-0.4, -0.2) is 46.6 Å². The highest BCUT2D eigenvalue weighted by Crippen LogP contribution is 2.44. The number of carbonyl (C=O) groups excluding carboxylic acids is 1. The Balaban J connectivity index is 2.64. The third-order valence-electron chi connectivity index (χ3n) is 5.29. The summed E-state index contributed by atoms with van der Waals surface area (Å²) >= 11 is 0. The molecule has 1 aromatic carbocycles. The maximum absolute atomic E-state index is 12.5. The lowest BCUT2D eigenvalue weighted by atomic mass is 9.78. The largest absolute Gasteiger partial charge is 0.507 e. The number of aromatic hydroxyl groups is 1. The Bertz CT molecular complexity index is 772. The predicted molar refractivity (Wildman–Crippen MR) is 111 cm³/mol. The van der Waals surface area contributed by atoms with Crippen LogP contribution in [0.1, 0.15) is 48.8 Å². The van der Waals surface area contributed by atoms with Gasteiger partial charge in [0.1, 0.15) is 5.75 Å². The first kappa shape index (κ1) is 21.7. The van der Waals surface area contributed by atoms with Crippen molar-refractivity contribution in [3.05, 3.63) is 48.1 Å². The monoisotopic (exact) mass is 386 g/mol. The van der Waals surface area contributed by atoms with Crippen LogP contribution in [0.4, 0.5) is 5.69 Å². The van der Waals surface area contributed by atoms with E-state index in [1.54, 1.807) is 24.1 Å². The van der Waals surface area contributed by atoms with Gasteiger partial charge in [0, 0.05) is 29.6 Å². The molecular weight excluding hydrogens is 356 g/mol. The van der Waals surface area contributed by atoms with Crippen LogP contribution in [0.3, 0.4) is 0 Å². The van der Waals surface area contributed by atoms with Crippen molar-refractivity contribution in [2.24, 2.45) is 0 Å². The molecule has 0 saturated heterocycles. The van der Waals surface area contributed by atoms with Crippen LogP contribution in [0.25, 0.3) is 0 Å². The van der Waals surface area contributed by atoms with Gasteiger partial charge in [0.2, 0.25) is 5.91 Å². The molecule has 0 aliphatic carbocycles. The van der Waals surface area contributed by atoms with Crippen LogP contribution in [0.2, 0.25) is 0 Å². The van der Waals surface area contributed by atoms with E-state index in [0.717, 1.165) is 24.0 Å². The number of anilines is 1. The number of benzene rings is 1. The van der Waals surface area contributed by atoms with Crippen LogP contribution < -0.4 is 5.32 Å². The number of nitrogens with zero attached hydrogens (tertiary/aromatic N) is 1. The zero-order valence-corrected chi connectivity index (χ0v) is 16.7. The summed E-state index contributed by atoms with van der Waals surface area (Å²) in [6, 6.07) is 1.68. The van der Waals surface area contributed by atoms with Gasteiger partial charge in [0.25, 0.3) is 0 Å². The van der Waals surface area contributed by atoms with E-state index in [1.807, 2.05) is 13.0 Å². The summed E-state index contributed by atoms with van der Waals surface area (Å²) in [5, 5.41) is 23.0. The fourth-order valence-corrected chi connectivity index (χ4v) is 4.18. The minimum Gasteiger partial charge on any atom is -0.507 e. The van der Waals surface area contributed by atoms with Crippen LogP contribution >= 0.6 is 0 Å². The van der Waals surface area contributed by atoms with Crippen molar-refractivity contribution >= 4 is 17.6 Å². The molecule has 0 spiro atoms. The normalized spacial score (nSPS) is 17.0. The van der Waals surface area contributed by atoms with Gasteiger partial charge in [0.15, 0.2) is 0 Å². The van der Waals surface area contributed by atoms with Crippen LogP contribution in [-0.2, 0) is 22.4 Å². The number of carbonyl (C=O) groups is 2. The Hall–Kier alpha value is -2.60. The summed E-state index contributed by atoms with van der Waals surface area (Å²) in [6.07, 6.45) is 6.27. The molecule has 1 heterocycles. The molecular formula is C22H30N2O4. The molecule has 3 N–H and O–H groups in total. The molecule has 6 heteroatoms. The number of carboxylic acids is 1. The van der Waals surface area contributed by atoms with Crippen molar-refractivity contribution in [3.8, 4) is 5.75 Å². The average molecular weight is 386 g/mol. The van der Waals surface area contributed by atoms with E-state index in [1.165, 1.54) is 0 Å². The number of hydrogen-bond acceptors (Lipinski definition) is 4. The molecule has 0 bridgehead atoms. The van der Waals surface area contributed by atoms with E-state index >= 15 is 0 Å². The van der Waals surface area contributed by atoms with E-state index < -0.39 is 5.97 Å². The molecule has 0 aromatic heterocycles. The molecule has 28 heavy (non-hydrogen) atoms. The lowest BCUT2D eigenvalue weighted by Gasteiger charge is -2.38. The van der Waals surface area contributed by atoms with Gasteiger partial charge in [-0.1, -0.05) is 25.5 Å². The molecule has 2 atom stereocenters. The highest BCUT2D eigenvalue weighted by Gasteiger charge is 2.36. The fourth-order valence-electron chi connectivity index (χ4n) is 4.18. The highest BCUT2D eigenvalue weighted by atomic mass is 16.4. The molecule has 0 saturated carbocycles. The van der Waals surface area contributed by atoms with Gasteiger partial charge >= 0.3 is 5.97 Å². The Kier molecular flexibility index (Phi) is 7.40. The number of aliphatic carboxylic acids is 1. The molecule has 2 rings (SSSR count). The summed E-state index contributed by atoms with van der Waals surface area (Å²) in [5.41, 5.74) is 3.04. The maximum atomic E-state index is 12.5. The van der Waals surface area contributed by atoms with E-state index in [9.17, 15) is 19.8 Å². The number of likely N-dealkylation sites (N-methyl/N-ethyl adjacent to an activating group) is 1. The van der Waals surface area contributed by atoms with Gasteiger partial charge in [-0.05, 0) is 43.5 Å². The van der Waals surface area contributed by atoms with Crippen molar-refractivity contribution in [1.29, 1.82) is 0 Å². The summed E-state index contributed by atoms with van der Waals surface area (Å²) in [6.45, 7) is 9.49. The first-order chi connectivity index (χ1) is 13.3. The molecule has 6 nitrogen and oxygen atoms in total. The standard InChI is InChI=1S/C22H30N2O4/c1-5-8-14-11-17-21(15(9-6-2)22(14)28)16(12-19(25)23-17)18(10-7-3)24(4)13-20(26)27/h5-6,11,16,18,28H,1-2,7-10,12-13H2,3-4H3,(H,23,25)(H,26,27). The number of phenolic OH excluding ortho intramolecular Hbond substituents is 1. The third-order valence-corrected chi connectivity index (χ3v) is 5.29. The van der Waals surface area contributed by atoms with Gasteiger partial charge in [-0.2, -0.15) is 0 Å². The molecule has 1 aliphatic rings. The smallest absolute Gasteiger partial charge is 0.317 e. The molecule has 152 valence electrons. The summed E-state index contributed by atoms with van der Waals surface area (Å²) in [5.74, 6) is -0.996. The summed E-state index contributed by atoms with van der Waals surface area (Å²) in [7, 11) is 1.78. The van der Waals surface area contributed by atoms with Gasteiger partial charge in [-0.15, -0.1) is 13.2 Å². The number of hydrogen-bond donors (Lipinski definition) is 3. The third kappa shape index (κ3) is 4.62. The topological polar surface area (TPSA) is 89.9 Å². The zero-order chi connectivity index (χ0) is 20.8. The van der Waals surface area contributed by atoms with Crippen molar-refractivity contribution < 1.29 is 19.8 Å². The zero-order valence-electron chi connectivity index (χ0n) is 16.7. The van der Waals surface area contributed by atoms with Crippen LogP contribution in [0.15, 0.2) is 31.4 Å². The van der Waals surface area contributed by atoms with Crippen molar-refractivity contribution in [2.75, 3.05) is 18.9 Å². The lowest BCUT2D eigenvalue weighted by molar-refractivity contribution is -0.138. The highest BCUT2D eigenvalue weighted by molar-refractivity contribution is 5.96. The minimum atomic E-state index is -0.903. The number of fused-ring (bicyclic) bond motifs is 1. The van der Waals surface area contributed by atoms with Crippen molar-refractivity contribution in [2.45, 2.75) is 51.0 Å². The quantitative estimate of drug-likeness (QED) is 0.423. The average Bonchev–Trinajstić information content (AvgIpc) is 2.62. The van der Waals surface area contributed by atoms with Gasteiger partial charge in [0.05, 0.1) is 6.54 Å². The Labute approximate surface area is 166 Å². The fraction of sp³-hybridized carbons (Fsp3) is 0.455. The molecule has 2 unspecified atom stereocenters. The van der Waals surface area contributed by atoms with E-state index in [2.05, 4.69) is 18.5 Å². The first-order valence-corrected chi connectivity index (χ1v) is 9.65. The van der Waals surface area contributed by atoms with Crippen LogP contribution in [0, 0.1) is 0 Å². The summed E-state index contributed by atoms with van der Waals surface area (Å²) in [4.78, 5) is 25.5. The van der Waals surface area contributed by atoms with Crippen molar-refractivity contribution in [3.63, 3.8) is 0 Å². The number of rotatable bonds is 10. The van der Waals surface area contributed by atoms with Gasteiger partial charge in [-0.25, -0.2) is 0 Å². The molecule has 1 amide bonds. The van der Waals surface area contributed by atoms with Crippen LogP contribution in [0.5, 0.6) is 5.75 Å². The molecule has 1 aliphatic heterocycles. The predicted octanol–water partition coefficient (Wildman–Crippen LogP) is 3.46. The Morgan fingerprint density at radius 2 is 2.07 bits per heavy atom. The van der Waals surface area contributed by atoms with Gasteiger partial charge < -0.3 is 15.5 Å². The summed E-state index contributed by atoms with van der Waals surface area (Å²) < 4.78 is 0. The molecule has 1 aromatic rings. The number of phenols is 1. The second kappa shape index (κ2) is 9.55. The minimum absolute atomic E-state index is 0.0953.